The molecule has 1 fully saturated rings. The highest BCUT2D eigenvalue weighted by atomic mass is 16.7. The Balaban J connectivity index is 1.50. The minimum atomic E-state index is -0.664. The largest absolute Gasteiger partial charge is 0.454 e. The fourth-order valence-corrected chi connectivity index (χ4v) is 3.01. The smallest absolute Gasteiger partial charge is 0.325 e. The molecule has 0 aromatic heterocycles. The van der Waals surface area contributed by atoms with Crippen molar-refractivity contribution < 1.29 is 23.9 Å². The molecule has 0 aliphatic carbocycles. The molecule has 2 N–H and O–H groups in total. The van der Waals surface area contributed by atoms with Crippen molar-refractivity contribution >= 4 is 17.8 Å². The van der Waals surface area contributed by atoms with Crippen LogP contribution in [0.1, 0.15) is 38.7 Å². The summed E-state index contributed by atoms with van der Waals surface area (Å²) in [4.78, 5) is 37.7. The summed E-state index contributed by atoms with van der Waals surface area (Å²) in [6, 6.07) is 4.21. The van der Waals surface area contributed by atoms with Crippen LogP contribution in [0.5, 0.6) is 11.5 Å². The lowest BCUT2D eigenvalue weighted by Gasteiger charge is -2.13. The normalized spacial score (nSPS) is 18.2. The summed E-state index contributed by atoms with van der Waals surface area (Å²) in [6.45, 7) is 5.13. The summed E-state index contributed by atoms with van der Waals surface area (Å²) in [5.74, 6) is 1.36. The van der Waals surface area contributed by atoms with E-state index in [-0.39, 0.29) is 38.0 Å². The average molecular weight is 375 g/mol. The number of amides is 4. The number of nitrogens with one attached hydrogen (secondary N) is 2. The molecule has 2 heterocycles. The van der Waals surface area contributed by atoms with E-state index in [9.17, 15) is 14.4 Å². The first-order valence-corrected chi connectivity index (χ1v) is 9.21. The predicted molar refractivity (Wildman–Crippen MR) is 97.1 cm³/mol. The van der Waals surface area contributed by atoms with Crippen LogP contribution in [0, 0.1) is 5.92 Å². The molecule has 1 atom stereocenters. The maximum atomic E-state index is 12.5. The zero-order chi connectivity index (χ0) is 19.4. The number of benzene rings is 1. The van der Waals surface area contributed by atoms with Crippen LogP contribution >= 0.6 is 0 Å². The first-order chi connectivity index (χ1) is 12.9. The highest BCUT2D eigenvalue weighted by molar-refractivity contribution is 6.04. The van der Waals surface area contributed by atoms with Gasteiger partial charge >= 0.3 is 6.03 Å². The van der Waals surface area contributed by atoms with Gasteiger partial charge in [-0.3, -0.25) is 14.5 Å². The third-order valence-corrected chi connectivity index (χ3v) is 4.59. The number of carbonyl (C=O) groups is 3. The number of hydrogen-bond donors (Lipinski definition) is 2. The van der Waals surface area contributed by atoms with Gasteiger partial charge < -0.3 is 20.1 Å². The number of rotatable bonds is 8. The lowest BCUT2D eigenvalue weighted by molar-refractivity contribution is -0.128. The van der Waals surface area contributed by atoms with Gasteiger partial charge in [0.15, 0.2) is 11.5 Å². The van der Waals surface area contributed by atoms with E-state index in [2.05, 4.69) is 24.5 Å². The molecule has 146 valence electrons. The number of imide groups is 1. The third-order valence-electron chi connectivity index (χ3n) is 4.59. The van der Waals surface area contributed by atoms with Crippen LogP contribution in [0.3, 0.4) is 0 Å². The summed E-state index contributed by atoms with van der Waals surface area (Å²) in [6.07, 6.45) is 1.40. The molecule has 0 radical (unpaired) electrons. The second-order valence-electron chi connectivity index (χ2n) is 7.19. The van der Waals surface area contributed by atoms with Gasteiger partial charge in [-0.1, -0.05) is 19.9 Å². The molecule has 8 heteroatoms. The van der Waals surface area contributed by atoms with Crippen LogP contribution in [-0.4, -0.2) is 42.1 Å². The summed E-state index contributed by atoms with van der Waals surface area (Å²) >= 11 is 0. The second kappa shape index (κ2) is 8.28. The van der Waals surface area contributed by atoms with Crippen LogP contribution in [0.25, 0.3) is 0 Å². The van der Waals surface area contributed by atoms with Crippen molar-refractivity contribution in [2.75, 3.05) is 13.3 Å². The average Bonchev–Trinajstić information content (AvgIpc) is 3.19. The molecule has 0 saturated carbocycles. The zero-order valence-electron chi connectivity index (χ0n) is 15.6. The van der Waals surface area contributed by atoms with Crippen molar-refractivity contribution in [1.29, 1.82) is 0 Å². The zero-order valence-corrected chi connectivity index (χ0v) is 15.6. The van der Waals surface area contributed by atoms with Gasteiger partial charge in [-0.2, -0.15) is 0 Å². The van der Waals surface area contributed by atoms with E-state index in [1.807, 2.05) is 0 Å². The lowest BCUT2D eigenvalue weighted by atomic mass is 10.1. The number of hydrogen-bond acceptors (Lipinski definition) is 5. The molecule has 1 unspecified atom stereocenters. The Labute approximate surface area is 158 Å². The molecular weight excluding hydrogens is 350 g/mol. The Hall–Kier alpha value is -2.77. The maximum Gasteiger partial charge on any atom is 0.325 e. The van der Waals surface area contributed by atoms with Crippen molar-refractivity contribution in [3.8, 4) is 11.5 Å². The number of urea groups is 1. The molecule has 0 bridgehead atoms. The third kappa shape index (κ3) is 4.69. The maximum absolute atomic E-state index is 12.5. The van der Waals surface area contributed by atoms with E-state index in [0.717, 1.165) is 12.0 Å². The second-order valence-corrected chi connectivity index (χ2v) is 7.19. The fraction of sp³-hybridized carbons (Fsp3) is 0.526. The van der Waals surface area contributed by atoms with Gasteiger partial charge in [0.25, 0.3) is 5.91 Å². The highest BCUT2D eigenvalue weighted by Crippen LogP contribution is 2.33. The molecule has 1 aromatic rings. The van der Waals surface area contributed by atoms with E-state index in [4.69, 9.17) is 9.47 Å². The van der Waals surface area contributed by atoms with Gasteiger partial charge in [0.2, 0.25) is 12.7 Å². The SMILES string of the molecule is CC(C)CCNC(=O)CCC1NC(=O)N(Cc2ccc3c(c2)OCO3)C1=O. The molecule has 8 nitrogen and oxygen atoms in total. The first-order valence-electron chi connectivity index (χ1n) is 9.21. The van der Waals surface area contributed by atoms with Crippen molar-refractivity contribution in [2.45, 2.75) is 45.7 Å². The minimum absolute atomic E-state index is 0.105. The summed E-state index contributed by atoms with van der Waals surface area (Å²) in [5, 5.41) is 5.49. The predicted octanol–water partition coefficient (Wildman–Crippen LogP) is 1.78. The topological polar surface area (TPSA) is 97.0 Å². The molecule has 2 aliphatic heterocycles. The first kappa shape index (κ1) is 19.0. The minimum Gasteiger partial charge on any atom is -0.454 e. The van der Waals surface area contributed by atoms with Gasteiger partial charge in [-0.15, -0.1) is 0 Å². The quantitative estimate of drug-likeness (QED) is 0.675. The molecule has 3 rings (SSSR count). The van der Waals surface area contributed by atoms with Crippen LogP contribution < -0.4 is 20.1 Å². The number of fused-ring (bicyclic) bond motifs is 1. The Morgan fingerprint density at radius 3 is 2.85 bits per heavy atom. The van der Waals surface area contributed by atoms with Gasteiger partial charge in [-0.05, 0) is 36.5 Å². The fourth-order valence-electron chi connectivity index (χ4n) is 3.01. The van der Waals surface area contributed by atoms with Crippen molar-refractivity contribution in [1.82, 2.24) is 15.5 Å². The highest BCUT2D eigenvalue weighted by Gasteiger charge is 2.37. The van der Waals surface area contributed by atoms with Gasteiger partial charge in [0, 0.05) is 13.0 Å². The molecule has 27 heavy (non-hydrogen) atoms. The van der Waals surface area contributed by atoms with Crippen LogP contribution in [0.15, 0.2) is 18.2 Å². The van der Waals surface area contributed by atoms with Gasteiger partial charge in [0.1, 0.15) is 6.04 Å². The molecular formula is C19H25N3O5. The standard InChI is InChI=1S/C19H25N3O5/c1-12(2)7-8-20-17(23)6-4-14-18(24)22(19(25)21-14)10-13-3-5-15-16(9-13)27-11-26-15/h3,5,9,12,14H,4,6-8,10-11H2,1-2H3,(H,20,23)(H,21,25). The Morgan fingerprint density at radius 1 is 1.30 bits per heavy atom. The van der Waals surface area contributed by atoms with Crippen LogP contribution in [-0.2, 0) is 16.1 Å². The van der Waals surface area contributed by atoms with Crippen molar-refractivity contribution in [3.05, 3.63) is 23.8 Å². The summed E-state index contributed by atoms with van der Waals surface area (Å²) in [7, 11) is 0. The molecule has 1 saturated heterocycles. The van der Waals surface area contributed by atoms with Crippen molar-refractivity contribution in [2.24, 2.45) is 5.92 Å². The van der Waals surface area contributed by atoms with E-state index in [0.29, 0.717) is 24.0 Å². The van der Waals surface area contributed by atoms with Crippen LogP contribution in [0.4, 0.5) is 4.79 Å². The molecule has 2 aliphatic rings. The van der Waals surface area contributed by atoms with Crippen molar-refractivity contribution in [3.63, 3.8) is 0 Å². The monoisotopic (exact) mass is 375 g/mol. The Bertz CT molecular complexity index is 734. The molecule has 0 spiro atoms. The summed E-state index contributed by atoms with van der Waals surface area (Å²) < 4.78 is 10.6. The van der Waals surface area contributed by atoms with E-state index >= 15 is 0 Å². The van der Waals surface area contributed by atoms with E-state index < -0.39 is 12.1 Å². The summed E-state index contributed by atoms with van der Waals surface area (Å²) in [5.41, 5.74) is 0.773. The number of ether oxygens (including phenoxy) is 2. The van der Waals surface area contributed by atoms with Gasteiger partial charge in [-0.25, -0.2) is 4.79 Å². The number of nitrogens with zero attached hydrogens (tertiary/aromatic N) is 1. The van der Waals surface area contributed by atoms with E-state index in [1.54, 1.807) is 18.2 Å². The van der Waals surface area contributed by atoms with Gasteiger partial charge in [0.05, 0.1) is 6.54 Å². The Kier molecular flexibility index (Phi) is 5.83. The van der Waals surface area contributed by atoms with Crippen LogP contribution in [0.2, 0.25) is 0 Å². The lowest BCUT2D eigenvalue weighted by Crippen LogP contribution is -2.32. The number of carbonyl (C=O) groups excluding carboxylic acids is 3. The van der Waals surface area contributed by atoms with E-state index in [1.165, 1.54) is 4.90 Å². The molecule has 1 aromatic carbocycles. The molecule has 4 amide bonds. The Morgan fingerprint density at radius 2 is 2.07 bits per heavy atom.